The summed E-state index contributed by atoms with van der Waals surface area (Å²) in [5.74, 6) is -0.888. The van der Waals surface area contributed by atoms with E-state index in [1.807, 2.05) is 18.2 Å². The molecule has 0 saturated heterocycles. The second-order valence-electron chi connectivity index (χ2n) is 4.62. The minimum atomic E-state index is -0.429. The number of carbonyl (C=O) groups excluding carboxylic acids is 1. The van der Waals surface area contributed by atoms with Crippen molar-refractivity contribution in [3.63, 3.8) is 0 Å². The van der Waals surface area contributed by atoms with E-state index >= 15 is 0 Å². The molecule has 6 heteroatoms. The van der Waals surface area contributed by atoms with Crippen LogP contribution in [0.4, 0.5) is 10.1 Å². The first kappa shape index (κ1) is 13.9. The van der Waals surface area contributed by atoms with Crippen molar-refractivity contribution in [2.45, 2.75) is 0 Å². The van der Waals surface area contributed by atoms with Crippen LogP contribution >= 0.6 is 0 Å². The molecule has 0 saturated carbocycles. The predicted molar refractivity (Wildman–Crippen MR) is 78.9 cm³/mol. The summed E-state index contributed by atoms with van der Waals surface area (Å²) in [7, 11) is 1.61. The molecule has 2 aromatic carbocycles. The first-order valence-corrected chi connectivity index (χ1v) is 6.58. The molecule has 22 heavy (non-hydrogen) atoms. The number of anilines is 1. The lowest BCUT2D eigenvalue weighted by Gasteiger charge is -2.14. The second-order valence-corrected chi connectivity index (χ2v) is 4.62. The Kier molecular flexibility index (Phi) is 3.65. The lowest BCUT2D eigenvalue weighted by Crippen LogP contribution is -2.26. The number of rotatable bonds is 3. The zero-order valence-corrected chi connectivity index (χ0v) is 11.7. The minimum Gasteiger partial charge on any atom is -0.412 e. The summed E-state index contributed by atoms with van der Waals surface area (Å²) in [5, 5.41) is 7.53. The molecule has 0 bridgehead atoms. The lowest BCUT2D eigenvalue weighted by molar-refractivity contribution is 0.0960. The molecule has 0 atom stereocenters. The van der Waals surface area contributed by atoms with Crippen LogP contribution in [0.2, 0.25) is 0 Å². The zero-order chi connectivity index (χ0) is 15.5. The zero-order valence-electron chi connectivity index (χ0n) is 11.7. The van der Waals surface area contributed by atoms with E-state index in [9.17, 15) is 9.18 Å². The Morgan fingerprint density at radius 1 is 1.09 bits per heavy atom. The van der Waals surface area contributed by atoms with Crippen molar-refractivity contribution in [2.24, 2.45) is 0 Å². The summed E-state index contributed by atoms with van der Waals surface area (Å²) in [6, 6.07) is 14.8. The van der Waals surface area contributed by atoms with Crippen molar-refractivity contribution >= 4 is 11.6 Å². The highest BCUT2D eigenvalue weighted by atomic mass is 19.1. The Labute approximate surface area is 126 Å². The van der Waals surface area contributed by atoms with E-state index in [2.05, 4.69) is 10.2 Å². The van der Waals surface area contributed by atoms with Gasteiger partial charge in [0.1, 0.15) is 5.82 Å². The van der Waals surface area contributed by atoms with Gasteiger partial charge in [0.15, 0.2) is 0 Å². The molecular weight excluding hydrogens is 285 g/mol. The molecule has 0 unspecified atom stereocenters. The number of hydrogen-bond donors (Lipinski definition) is 0. The van der Waals surface area contributed by atoms with Gasteiger partial charge >= 0.3 is 11.8 Å². The molecule has 0 spiro atoms. The van der Waals surface area contributed by atoms with Crippen LogP contribution in [-0.4, -0.2) is 23.2 Å². The second kappa shape index (κ2) is 5.77. The normalized spacial score (nSPS) is 10.5. The third-order valence-corrected chi connectivity index (χ3v) is 3.13. The summed E-state index contributed by atoms with van der Waals surface area (Å²) in [6.45, 7) is 0. The number of hydrogen-bond acceptors (Lipinski definition) is 4. The third kappa shape index (κ3) is 2.71. The fourth-order valence-corrected chi connectivity index (χ4v) is 1.96. The summed E-state index contributed by atoms with van der Waals surface area (Å²) in [5.41, 5.74) is 1.13. The van der Waals surface area contributed by atoms with Crippen molar-refractivity contribution < 1.29 is 13.6 Å². The average Bonchev–Trinajstić information content (AvgIpc) is 3.04. The molecule has 0 fully saturated rings. The maximum absolute atomic E-state index is 13.2. The summed E-state index contributed by atoms with van der Waals surface area (Å²) in [4.78, 5) is 13.7. The van der Waals surface area contributed by atoms with Crippen molar-refractivity contribution in [2.75, 3.05) is 11.9 Å². The molecule has 3 aromatic rings. The van der Waals surface area contributed by atoms with Crippen molar-refractivity contribution in [3.05, 3.63) is 66.3 Å². The first-order valence-electron chi connectivity index (χ1n) is 6.58. The maximum Gasteiger partial charge on any atom is 0.315 e. The molecule has 1 heterocycles. The fourth-order valence-electron chi connectivity index (χ4n) is 1.96. The standard InChI is InChI=1S/C16H12FN3O2/c1-20(13-8-3-2-4-9-13)16(21)15-19-18-14(22-15)11-6-5-7-12(17)10-11/h2-10H,1H3. The molecule has 0 radical (unpaired) electrons. The summed E-state index contributed by atoms with van der Waals surface area (Å²) < 4.78 is 18.6. The Hall–Kier alpha value is -3.02. The van der Waals surface area contributed by atoms with Crippen LogP contribution in [0.3, 0.4) is 0 Å². The van der Waals surface area contributed by atoms with E-state index in [-0.39, 0.29) is 11.8 Å². The average molecular weight is 297 g/mol. The quantitative estimate of drug-likeness (QED) is 0.745. The topological polar surface area (TPSA) is 59.2 Å². The van der Waals surface area contributed by atoms with Crippen LogP contribution in [-0.2, 0) is 0 Å². The van der Waals surface area contributed by atoms with Crippen LogP contribution in [0.25, 0.3) is 11.5 Å². The number of halogens is 1. The molecule has 110 valence electrons. The van der Waals surface area contributed by atoms with Crippen LogP contribution < -0.4 is 4.90 Å². The van der Waals surface area contributed by atoms with Gasteiger partial charge in [-0.25, -0.2) is 4.39 Å². The summed E-state index contributed by atoms with van der Waals surface area (Å²) in [6.07, 6.45) is 0. The number of amides is 1. The van der Waals surface area contributed by atoms with Crippen LogP contribution in [0.5, 0.6) is 0 Å². The smallest absolute Gasteiger partial charge is 0.315 e. The largest absolute Gasteiger partial charge is 0.412 e. The van der Waals surface area contributed by atoms with Crippen LogP contribution in [0.1, 0.15) is 10.7 Å². The molecule has 5 nitrogen and oxygen atoms in total. The molecule has 0 aliphatic heterocycles. The van der Waals surface area contributed by atoms with E-state index in [0.29, 0.717) is 11.3 Å². The molecular formula is C16H12FN3O2. The summed E-state index contributed by atoms with van der Waals surface area (Å²) >= 11 is 0. The molecule has 0 aliphatic rings. The predicted octanol–water partition coefficient (Wildman–Crippen LogP) is 3.15. The van der Waals surface area contributed by atoms with Crippen molar-refractivity contribution in [1.29, 1.82) is 0 Å². The van der Waals surface area contributed by atoms with Gasteiger partial charge in [-0.15, -0.1) is 10.2 Å². The van der Waals surface area contributed by atoms with Gasteiger partial charge < -0.3 is 9.32 Å². The van der Waals surface area contributed by atoms with E-state index in [1.54, 1.807) is 25.2 Å². The highest BCUT2D eigenvalue weighted by molar-refractivity contribution is 6.02. The molecule has 0 N–H and O–H groups in total. The van der Waals surface area contributed by atoms with Gasteiger partial charge in [0, 0.05) is 18.3 Å². The van der Waals surface area contributed by atoms with E-state index in [1.165, 1.54) is 23.1 Å². The fraction of sp³-hybridized carbons (Fsp3) is 0.0625. The van der Waals surface area contributed by atoms with Gasteiger partial charge in [0.2, 0.25) is 5.89 Å². The molecule has 1 aromatic heterocycles. The van der Waals surface area contributed by atoms with Gasteiger partial charge in [-0.2, -0.15) is 0 Å². The number of para-hydroxylation sites is 1. The van der Waals surface area contributed by atoms with Gasteiger partial charge in [-0.3, -0.25) is 4.79 Å². The van der Waals surface area contributed by atoms with Crippen molar-refractivity contribution in [3.8, 4) is 11.5 Å². The van der Waals surface area contributed by atoms with E-state index in [0.717, 1.165) is 0 Å². The van der Waals surface area contributed by atoms with Gasteiger partial charge in [0.25, 0.3) is 0 Å². The van der Waals surface area contributed by atoms with Crippen LogP contribution in [0, 0.1) is 5.82 Å². The van der Waals surface area contributed by atoms with E-state index in [4.69, 9.17) is 4.42 Å². The van der Waals surface area contributed by atoms with E-state index < -0.39 is 11.7 Å². The highest BCUT2D eigenvalue weighted by Gasteiger charge is 2.20. The van der Waals surface area contributed by atoms with Gasteiger partial charge in [-0.1, -0.05) is 24.3 Å². The van der Waals surface area contributed by atoms with Gasteiger partial charge in [0.05, 0.1) is 0 Å². The maximum atomic E-state index is 13.2. The molecule has 1 amide bonds. The number of benzene rings is 2. The third-order valence-electron chi connectivity index (χ3n) is 3.13. The highest BCUT2D eigenvalue weighted by Crippen LogP contribution is 2.20. The molecule has 0 aliphatic carbocycles. The Morgan fingerprint density at radius 3 is 2.59 bits per heavy atom. The SMILES string of the molecule is CN(C(=O)c1nnc(-c2cccc(F)c2)o1)c1ccccc1. The Bertz CT molecular complexity index is 802. The molecule has 3 rings (SSSR count). The van der Waals surface area contributed by atoms with Crippen LogP contribution in [0.15, 0.2) is 59.0 Å². The minimum absolute atomic E-state index is 0.101. The number of carbonyl (C=O) groups is 1. The monoisotopic (exact) mass is 297 g/mol. The Morgan fingerprint density at radius 2 is 1.86 bits per heavy atom. The number of aromatic nitrogens is 2. The van der Waals surface area contributed by atoms with Crippen molar-refractivity contribution in [1.82, 2.24) is 10.2 Å². The lowest BCUT2D eigenvalue weighted by atomic mass is 10.2. The number of nitrogens with zero attached hydrogens (tertiary/aromatic N) is 3. The first-order chi connectivity index (χ1) is 10.6. The van der Waals surface area contributed by atoms with Gasteiger partial charge in [-0.05, 0) is 30.3 Å². The Balaban J connectivity index is 1.86.